The average molecular weight is 283 g/mol. The Morgan fingerprint density at radius 2 is 1.67 bits per heavy atom. The average Bonchev–Trinajstić information content (AvgIpc) is 2.52. The Balaban J connectivity index is 2.24. The molecular formula is C19H25NO. The van der Waals surface area contributed by atoms with Crippen LogP contribution in [-0.2, 0) is 0 Å². The van der Waals surface area contributed by atoms with Crippen LogP contribution in [0.15, 0.2) is 42.5 Å². The van der Waals surface area contributed by atoms with Gasteiger partial charge in [-0.15, -0.1) is 0 Å². The molecule has 1 N–H and O–H groups in total. The number of hydrogen-bond acceptors (Lipinski definition) is 2. The number of hydrogen-bond donors (Lipinski definition) is 1. The Bertz CT molecular complexity index is 575. The molecule has 2 heteroatoms. The summed E-state index contributed by atoms with van der Waals surface area (Å²) in [6.07, 6.45) is 1.11. The summed E-state index contributed by atoms with van der Waals surface area (Å²) in [6, 6.07) is 15.6. The first-order valence-corrected chi connectivity index (χ1v) is 7.68. The number of aryl methyl sites for hydroxylation is 1. The van der Waals surface area contributed by atoms with Crippen molar-refractivity contribution in [2.75, 3.05) is 13.7 Å². The lowest BCUT2D eigenvalue weighted by Crippen LogP contribution is -2.19. The number of rotatable bonds is 6. The van der Waals surface area contributed by atoms with Crippen molar-refractivity contribution in [2.24, 2.45) is 0 Å². The van der Waals surface area contributed by atoms with Crippen molar-refractivity contribution >= 4 is 0 Å². The molecule has 0 saturated heterocycles. The molecule has 2 nitrogen and oxygen atoms in total. The minimum absolute atomic E-state index is 0.446. The van der Waals surface area contributed by atoms with Gasteiger partial charge < -0.3 is 10.1 Å². The normalized spacial score (nSPS) is 12.2. The fourth-order valence-corrected chi connectivity index (χ4v) is 2.71. The highest BCUT2D eigenvalue weighted by molar-refractivity contribution is 5.66. The fourth-order valence-electron chi connectivity index (χ4n) is 2.71. The second-order valence-electron chi connectivity index (χ2n) is 5.32. The fraction of sp³-hybridized carbons (Fsp3) is 0.368. The second-order valence-corrected chi connectivity index (χ2v) is 5.32. The molecule has 2 aromatic rings. The minimum atomic E-state index is 0.446. The van der Waals surface area contributed by atoms with Crippen molar-refractivity contribution in [1.29, 1.82) is 0 Å². The van der Waals surface area contributed by atoms with E-state index in [4.69, 9.17) is 4.74 Å². The molecule has 1 unspecified atom stereocenters. The van der Waals surface area contributed by atoms with Gasteiger partial charge in [0, 0.05) is 6.04 Å². The Morgan fingerprint density at radius 1 is 1.00 bits per heavy atom. The minimum Gasteiger partial charge on any atom is -0.496 e. The Morgan fingerprint density at radius 3 is 2.19 bits per heavy atom. The van der Waals surface area contributed by atoms with Crippen molar-refractivity contribution in [3.63, 3.8) is 0 Å². The topological polar surface area (TPSA) is 21.3 Å². The van der Waals surface area contributed by atoms with Gasteiger partial charge in [0.15, 0.2) is 0 Å². The molecule has 0 heterocycles. The molecule has 0 bridgehead atoms. The zero-order chi connectivity index (χ0) is 15.2. The highest BCUT2D eigenvalue weighted by Gasteiger charge is 2.08. The summed E-state index contributed by atoms with van der Waals surface area (Å²) >= 11 is 0. The van der Waals surface area contributed by atoms with Gasteiger partial charge in [0.2, 0.25) is 0 Å². The van der Waals surface area contributed by atoms with Crippen molar-refractivity contribution in [3.05, 3.63) is 53.6 Å². The van der Waals surface area contributed by atoms with Crippen molar-refractivity contribution in [3.8, 4) is 16.9 Å². The molecule has 112 valence electrons. The van der Waals surface area contributed by atoms with E-state index < -0.39 is 0 Å². The molecule has 0 aliphatic rings. The first-order chi connectivity index (χ1) is 10.2. The van der Waals surface area contributed by atoms with Crippen LogP contribution < -0.4 is 10.1 Å². The predicted octanol–water partition coefficient (Wildman–Crippen LogP) is 4.73. The number of ether oxygens (including phenoxy) is 1. The maximum Gasteiger partial charge on any atom is 0.121 e. The lowest BCUT2D eigenvalue weighted by atomic mass is 9.98. The van der Waals surface area contributed by atoms with Crippen LogP contribution >= 0.6 is 0 Å². The molecule has 21 heavy (non-hydrogen) atoms. The van der Waals surface area contributed by atoms with Crippen molar-refractivity contribution in [2.45, 2.75) is 33.2 Å². The van der Waals surface area contributed by atoms with E-state index in [0.29, 0.717) is 6.04 Å². The van der Waals surface area contributed by atoms with Crippen LogP contribution in [0, 0.1) is 6.92 Å². The number of nitrogens with one attached hydrogen (secondary N) is 1. The van der Waals surface area contributed by atoms with Crippen molar-refractivity contribution < 1.29 is 4.74 Å². The van der Waals surface area contributed by atoms with E-state index in [9.17, 15) is 0 Å². The molecule has 0 aliphatic carbocycles. The molecule has 0 aromatic heterocycles. The SMILES string of the molecule is CCNC(CC)c1ccc(-c2ccc(OC)c(C)c2)cc1. The summed E-state index contributed by atoms with van der Waals surface area (Å²) in [7, 11) is 1.71. The van der Waals surface area contributed by atoms with Gasteiger partial charge in [-0.3, -0.25) is 0 Å². The maximum absolute atomic E-state index is 5.32. The summed E-state index contributed by atoms with van der Waals surface area (Å²) in [4.78, 5) is 0. The predicted molar refractivity (Wildman–Crippen MR) is 89.9 cm³/mol. The van der Waals surface area contributed by atoms with Gasteiger partial charge in [0.05, 0.1) is 7.11 Å². The van der Waals surface area contributed by atoms with E-state index >= 15 is 0 Å². The molecule has 1 atom stereocenters. The van der Waals surface area contributed by atoms with Crippen LogP contribution in [0.2, 0.25) is 0 Å². The Kier molecular flexibility index (Phi) is 5.40. The molecule has 0 radical (unpaired) electrons. The molecular weight excluding hydrogens is 258 g/mol. The number of methoxy groups -OCH3 is 1. The standard InChI is InChI=1S/C19H25NO/c1-5-18(20-6-2)16-9-7-15(8-10-16)17-11-12-19(21-4)14(3)13-17/h7-13,18,20H,5-6H2,1-4H3. The van der Waals surface area contributed by atoms with Gasteiger partial charge in [-0.05, 0) is 54.3 Å². The first-order valence-electron chi connectivity index (χ1n) is 7.68. The van der Waals surface area contributed by atoms with E-state index in [1.165, 1.54) is 16.7 Å². The largest absolute Gasteiger partial charge is 0.496 e. The summed E-state index contributed by atoms with van der Waals surface area (Å²) < 4.78 is 5.32. The molecule has 0 amide bonds. The van der Waals surface area contributed by atoms with E-state index in [2.05, 4.69) is 62.5 Å². The van der Waals surface area contributed by atoms with Crippen LogP contribution in [-0.4, -0.2) is 13.7 Å². The first kappa shape index (κ1) is 15.6. The van der Waals surface area contributed by atoms with E-state index in [1.807, 2.05) is 6.07 Å². The van der Waals surface area contributed by atoms with E-state index in [-0.39, 0.29) is 0 Å². The lowest BCUT2D eigenvalue weighted by molar-refractivity contribution is 0.412. The van der Waals surface area contributed by atoms with Gasteiger partial charge in [0.1, 0.15) is 5.75 Å². The summed E-state index contributed by atoms with van der Waals surface area (Å²) in [5.41, 5.74) is 5.00. The summed E-state index contributed by atoms with van der Waals surface area (Å²) in [5, 5.41) is 3.52. The van der Waals surface area contributed by atoms with E-state index in [1.54, 1.807) is 7.11 Å². The number of benzene rings is 2. The quantitative estimate of drug-likeness (QED) is 0.827. The van der Waals surface area contributed by atoms with Crippen LogP contribution in [0.5, 0.6) is 5.75 Å². The monoisotopic (exact) mass is 283 g/mol. The summed E-state index contributed by atoms with van der Waals surface area (Å²) in [5.74, 6) is 0.938. The van der Waals surface area contributed by atoms with Crippen LogP contribution in [0.4, 0.5) is 0 Å². The molecule has 0 saturated carbocycles. The van der Waals surface area contributed by atoms with Gasteiger partial charge in [-0.1, -0.05) is 44.2 Å². The van der Waals surface area contributed by atoms with Crippen LogP contribution in [0.3, 0.4) is 0 Å². The van der Waals surface area contributed by atoms with Gasteiger partial charge >= 0.3 is 0 Å². The Labute approximate surface area is 128 Å². The van der Waals surface area contributed by atoms with Gasteiger partial charge in [-0.25, -0.2) is 0 Å². The molecule has 2 rings (SSSR count). The highest BCUT2D eigenvalue weighted by atomic mass is 16.5. The third kappa shape index (κ3) is 3.64. The molecule has 2 aromatic carbocycles. The van der Waals surface area contributed by atoms with Crippen molar-refractivity contribution in [1.82, 2.24) is 5.32 Å². The van der Waals surface area contributed by atoms with E-state index in [0.717, 1.165) is 24.3 Å². The second kappa shape index (κ2) is 7.28. The lowest BCUT2D eigenvalue weighted by Gasteiger charge is -2.16. The van der Waals surface area contributed by atoms with Crippen LogP contribution in [0.25, 0.3) is 11.1 Å². The molecule has 0 fully saturated rings. The smallest absolute Gasteiger partial charge is 0.121 e. The van der Waals surface area contributed by atoms with Crippen LogP contribution in [0.1, 0.15) is 37.4 Å². The molecule has 0 spiro atoms. The Hall–Kier alpha value is -1.80. The van der Waals surface area contributed by atoms with Gasteiger partial charge in [0.25, 0.3) is 0 Å². The highest BCUT2D eigenvalue weighted by Crippen LogP contribution is 2.27. The zero-order valence-corrected chi connectivity index (χ0v) is 13.4. The van der Waals surface area contributed by atoms with Gasteiger partial charge in [-0.2, -0.15) is 0 Å². The third-order valence-corrected chi connectivity index (χ3v) is 3.90. The molecule has 0 aliphatic heterocycles. The third-order valence-electron chi connectivity index (χ3n) is 3.90. The maximum atomic E-state index is 5.32. The summed E-state index contributed by atoms with van der Waals surface area (Å²) in [6.45, 7) is 7.44. The zero-order valence-electron chi connectivity index (χ0n) is 13.4.